The Balaban J connectivity index is 1.82. The highest BCUT2D eigenvalue weighted by Crippen LogP contribution is 2.31. The van der Waals surface area contributed by atoms with Crippen molar-refractivity contribution in [2.75, 3.05) is 13.1 Å². The first-order valence-electron chi connectivity index (χ1n) is 5.94. The standard InChI is InChI=1S/C13H12N2OS2/c14-7-9-2-1-4-15(8-9)13(16)12-6-11-10(18-12)3-5-17-11/h3,5-6,9H,1-2,4,8H2. The summed E-state index contributed by atoms with van der Waals surface area (Å²) in [6.45, 7) is 1.36. The van der Waals surface area contributed by atoms with Gasteiger partial charge in [0.05, 0.1) is 16.9 Å². The van der Waals surface area contributed by atoms with Crippen LogP contribution in [0, 0.1) is 17.2 Å². The van der Waals surface area contributed by atoms with Crippen molar-refractivity contribution in [3.63, 3.8) is 0 Å². The van der Waals surface area contributed by atoms with Gasteiger partial charge in [-0.1, -0.05) is 0 Å². The van der Waals surface area contributed by atoms with E-state index < -0.39 is 0 Å². The fourth-order valence-electron chi connectivity index (χ4n) is 2.29. The predicted molar refractivity (Wildman–Crippen MR) is 73.9 cm³/mol. The topological polar surface area (TPSA) is 44.1 Å². The van der Waals surface area contributed by atoms with E-state index in [-0.39, 0.29) is 11.8 Å². The second-order valence-electron chi connectivity index (χ2n) is 4.48. The minimum Gasteiger partial charge on any atom is -0.337 e. The molecule has 1 aliphatic heterocycles. The molecule has 1 saturated heterocycles. The number of nitrogens with zero attached hydrogens (tertiary/aromatic N) is 2. The monoisotopic (exact) mass is 276 g/mol. The average molecular weight is 276 g/mol. The van der Waals surface area contributed by atoms with Gasteiger partial charge >= 0.3 is 0 Å². The van der Waals surface area contributed by atoms with Crippen LogP contribution in [0.25, 0.3) is 9.40 Å². The van der Waals surface area contributed by atoms with E-state index in [0.29, 0.717) is 6.54 Å². The SMILES string of the molecule is N#CC1CCCN(C(=O)c2cc3sccc3s2)C1. The maximum atomic E-state index is 12.4. The van der Waals surface area contributed by atoms with E-state index >= 15 is 0 Å². The summed E-state index contributed by atoms with van der Waals surface area (Å²) in [4.78, 5) is 15.0. The van der Waals surface area contributed by atoms with Crippen LogP contribution in [0.3, 0.4) is 0 Å². The number of hydrogen-bond donors (Lipinski definition) is 0. The lowest BCUT2D eigenvalue weighted by Crippen LogP contribution is -2.39. The molecule has 2 aromatic heterocycles. The Morgan fingerprint density at radius 2 is 2.39 bits per heavy atom. The van der Waals surface area contributed by atoms with Gasteiger partial charge in [0.15, 0.2) is 0 Å². The van der Waals surface area contributed by atoms with Crippen molar-refractivity contribution in [1.82, 2.24) is 4.90 Å². The molecule has 0 spiro atoms. The van der Waals surface area contributed by atoms with E-state index in [2.05, 4.69) is 12.1 Å². The number of fused-ring (bicyclic) bond motifs is 1. The van der Waals surface area contributed by atoms with E-state index in [4.69, 9.17) is 5.26 Å². The summed E-state index contributed by atoms with van der Waals surface area (Å²) >= 11 is 3.22. The van der Waals surface area contributed by atoms with E-state index in [1.54, 1.807) is 22.7 Å². The number of carbonyl (C=O) groups excluding carboxylic acids is 1. The van der Waals surface area contributed by atoms with Gasteiger partial charge in [0.2, 0.25) is 0 Å². The highest BCUT2D eigenvalue weighted by atomic mass is 32.1. The van der Waals surface area contributed by atoms with Crippen LogP contribution in [0.1, 0.15) is 22.5 Å². The molecule has 0 radical (unpaired) electrons. The van der Waals surface area contributed by atoms with E-state index in [1.807, 2.05) is 16.3 Å². The van der Waals surface area contributed by atoms with E-state index in [1.165, 1.54) is 9.40 Å². The lowest BCUT2D eigenvalue weighted by atomic mass is 10.00. The Morgan fingerprint density at radius 3 is 3.17 bits per heavy atom. The molecular weight excluding hydrogens is 264 g/mol. The summed E-state index contributed by atoms with van der Waals surface area (Å²) in [6.07, 6.45) is 1.85. The van der Waals surface area contributed by atoms with Crippen LogP contribution < -0.4 is 0 Å². The molecule has 0 aliphatic carbocycles. The lowest BCUT2D eigenvalue weighted by molar-refractivity contribution is 0.0704. The highest BCUT2D eigenvalue weighted by Gasteiger charge is 2.25. The Bertz CT molecular complexity index is 594. The molecule has 3 nitrogen and oxygen atoms in total. The zero-order valence-electron chi connectivity index (χ0n) is 9.76. The molecule has 3 rings (SSSR count). The Morgan fingerprint density at radius 1 is 1.50 bits per heavy atom. The number of hydrogen-bond acceptors (Lipinski definition) is 4. The molecule has 3 heterocycles. The molecule has 2 aromatic rings. The summed E-state index contributed by atoms with van der Waals surface area (Å²) in [5, 5.41) is 11.0. The van der Waals surface area contributed by atoms with Gasteiger partial charge in [0.25, 0.3) is 5.91 Å². The van der Waals surface area contributed by atoms with Crippen LogP contribution in [0.15, 0.2) is 17.5 Å². The largest absolute Gasteiger partial charge is 0.337 e. The van der Waals surface area contributed by atoms with E-state index in [9.17, 15) is 4.79 Å². The maximum absolute atomic E-state index is 12.4. The molecule has 0 bridgehead atoms. The van der Waals surface area contributed by atoms with Crippen molar-refractivity contribution in [2.24, 2.45) is 5.92 Å². The van der Waals surface area contributed by atoms with Crippen LogP contribution in [-0.4, -0.2) is 23.9 Å². The molecule has 0 aromatic carbocycles. The second kappa shape index (κ2) is 4.71. The van der Waals surface area contributed by atoms with Gasteiger partial charge in [-0.2, -0.15) is 5.26 Å². The zero-order valence-corrected chi connectivity index (χ0v) is 11.4. The first-order valence-corrected chi connectivity index (χ1v) is 7.63. The molecule has 0 saturated carbocycles. The average Bonchev–Trinajstić information content (AvgIpc) is 2.98. The van der Waals surface area contributed by atoms with Gasteiger partial charge in [0.1, 0.15) is 0 Å². The third-order valence-electron chi connectivity index (χ3n) is 3.24. The number of thiophene rings is 2. The smallest absolute Gasteiger partial charge is 0.264 e. The Labute approximate surface area is 113 Å². The quantitative estimate of drug-likeness (QED) is 0.802. The number of rotatable bonds is 1. The first kappa shape index (κ1) is 11.7. The zero-order chi connectivity index (χ0) is 12.5. The molecule has 0 N–H and O–H groups in total. The van der Waals surface area contributed by atoms with Gasteiger partial charge in [-0.3, -0.25) is 4.79 Å². The van der Waals surface area contributed by atoms with Gasteiger partial charge in [-0.05, 0) is 30.4 Å². The van der Waals surface area contributed by atoms with Gasteiger partial charge in [-0.15, -0.1) is 22.7 Å². The van der Waals surface area contributed by atoms with Crippen molar-refractivity contribution in [1.29, 1.82) is 5.26 Å². The van der Waals surface area contributed by atoms with E-state index in [0.717, 1.165) is 24.3 Å². The number of nitriles is 1. The first-order chi connectivity index (χ1) is 8.78. The van der Waals surface area contributed by atoms with Crippen molar-refractivity contribution >= 4 is 38.0 Å². The summed E-state index contributed by atoms with van der Waals surface area (Å²) in [6, 6.07) is 6.30. The summed E-state index contributed by atoms with van der Waals surface area (Å²) < 4.78 is 2.36. The third kappa shape index (κ3) is 2.02. The number of amides is 1. The minimum absolute atomic E-state index is 0.00350. The van der Waals surface area contributed by atoms with Crippen LogP contribution in [0.5, 0.6) is 0 Å². The number of piperidine rings is 1. The molecule has 1 amide bonds. The maximum Gasteiger partial charge on any atom is 0.264 e. The fourth-order valence-corrected chi connectivity index (χ4v) is 4.37. The summed E-state index contributed by atoms with van der Waals surface area (Å²) in [7, 11) is 0. The number of likely N-dealkylation sites (tertiary alicyclic amines) is 1. The Kier molecular flexibility index (Phi) is 3.06. The fraction of sp³-hybridized carbons (Fsp3) is 0.385. The summed E-state index contributed by atoms with van der Waals surface area (Å²) in [5.74, 6) is 0.0899. The van der Waals surface area contributed by atoms with Crippen LogP contribution in [-0.2, 0) is 0 Å². The second-order valence-corrected chi connectivity index (χ2v) is 6.51. The van der Waals surface area contributed by atoms with Crippen molar-refractivity contribution in [2.45, 2.75) is 12.8 Å². The van der Waals surface area contributed by atoms with Gasteiger partial charge < -0.3 is 4.90 Å². The molecule has 5 heteroatoms. The molecule has 1 unspecified atom stereocenters. The normalized spacial score (nSPS) is 19.9. The third-order valence-corrected chi connectivity index (χ3v) is 5.32. The lowest BCUT2D eigenvalue weighted by Gasteiger charge is -2.29. The Hall–Kier alpha value is -1.38. The molecule has 1 fully saturated rings. The molecule has 1 aliphatic rings. The van der Waals surface area contributed by atoms with Crippen molar-refractivity contribution in [3.05, 3.63) is 22.4 Å². The highest BCUT2D eigenvalue weighted by molar-refractivity contribution is 7.27. The summed E-state index contributed by atoms with van der Waals surface area (Å²) in [5.41, 5.74) is 0. The number of carbonyl (C=O) groups is 1. The van der Waals surface area contributed by atoms with Crippen LogP contribution in [0.2, 0.25) is 0 Å². The van der Waals surface area contributed by atoms with Crippen LogP contribution >= 0.6 is 22.7 Å². The molecular formula is C13H12N2OS2. The van der Waals surface area contributed by atoms with Gasteiger partial charge in [-0.25, -0.2) is 0 Å². The molecule has 1 atom stereocenters. The molecule has 18 heavy (non-hydrogen) atoms. The van der Waals surface area contributed by atoms with Gasteiger partial charge in [0, 0.05) is 22.5 Å². The van der Waals surface area contributed by atoms with Crippen molar-refractivity contribution in [3.8, 4) is 6.07 Å². The minimum atomic E-state index is 0.00350. The van der Waals surface area contributed by atoms with Crippen molar-refractivity contribution < 1.29 is 4.79 Å². The predicted octanol–water partition coefficient (Wildman–Crippen LogP) is 3.34. The molecule has 92 valence electrons. The van der Waals surface area contributed by atoms with Crippen LogP contribution in [0.4, 0.5) is 0 Å².